The van der Waals surface area contributed by atoms with Gasteiger partial charge in [0.05, 0.1) is 0 Å². The summed E-state index contributed by atoms with van der Waals surface area (Å²) in [6.45, 7) is 7.32. The summed E-state index contributed by atoms with van der Waals surface area (Å²) in [7, 11) is 0. The lowest BCUT2D eigenvalue weighted by Crippen LogP contribution is -2.17. The summed E-state index contributed by atoms with van der Waals surface area (Å²) in [5, 5.41) is 3.26. The molecule has 0 radical (unpaired) electrons. The second-order valence-electron chi connectivity index (χ2n) is 5.24. The Morgan fingerprint density at radius 1 is 1.14 bits per heavy atom. The summed E-state index contributed by atoms with van der Waals surface area (Å²) < 4.78 is 19.6. The van der Waals surface area contributed by atoms with Crippen LogP contribution in [0.1, 0.15) is 36.6 Å². The molecule has 2 aromatic carbocycles. The molecular weight excluding hydrogens is 265 g/mol. The largest absolute Gasteiger partial charge is 0.486 e. The van der Waals surface area contributed by atoms with E-state index < -0.39 is 0 Å². The molecule has 0 aliphatic rings. The highest BCUT2D eigenvalue weighted by Gasteiger charge is 2.09. The number of halogens is 1. The predicted molar refractivity (Wildman–Crippen MR) is 84.0 cm³/mol. The summed E-state index contributed by atoms with van der Waals surface area (Å²) in [4.78, 5) is 0. The Bertz CT molecular complexity index is 580. The molecule has 0 amide bonds. The van der Waals surface area contributed by atoms with E-state index in [1.807, 2.05) is 51.1 Å². The lowest BCUT2D eigenvalue weighted by Gasteiger charge is -2.14. The number of rotatable bonds is 6. The van der Waals surface area contributed by atoms with Crippen molar-refractivity contribution in [2.45, 2.75) is 33.4 Å². The van der Waals surface area contributed by atoms with Crippen LogP contribution in [-0.2, 0) is 6.61 Å². The predicted octanol–water partition coefficient (Wildman–Crippen LogP) is 4.38. The number of hydrogen-bond donors (Lipinski definition) is 1. The Balaban J connectivity index is 2.02. The van der Waals surface area contributed by atoms with Crippen LogP contribution in [-0.4, -0.2) is 6.54 Å². The molecule has 0 aromatic heterocycles. The third-order valence-corrected chi connectivity index (χ3v) is 3.48. The number of hydrogen-bond acceptors (Lipinski definition) is 2. The van der Waals surface area contributed by atoms with Gasteiger partial charge in [0.15, 0.2) is 11.6 Å². The molecule has 21 heavy (non-hydrogen) atoms. The van der Waals surface area contributed by atoms with Gasteiger partial charge in [0.2, 0.25) is 0 Å². The maximum absolute atomic E-state index is 14.1. The number of benzene rings is 2. The molecule has 0 bridgehead atoms. The van der Waals surface area contributed by atoms with Crippen LogP contribution in [0.2, 0.25) is 0 Å². The average Bonchev–Trinajstić information content (AvgIpc) is 2.48. The molecule has 2 rings (SSSR count). The third kappa shape index (κ3) is 4.30. The fraction of sp³-hybridized carbons (Fsp3) is 0.333. The Kier molecular flexibility index (Phi) is 5.34. The minimum absolute atomic E-state index is 0.135. The van der Waals surface area contributed by atoms with E-state index >= 15 is 0 Å². The fourth-order valence-electron chi connectivity index (χ4n) is 2.17. The van der Waals surface area contributed by atoms with E-state index in [0.29, 0.717) is 12.4 Å². The van der Waals surface area contributed by atoms with Gasteiger partial charge in [-0.3, -0.25) is 0 Å². The van der Waals surface area contributed by atoms with Crippen LogP contribution in [0, 0.1) is 12.7 Å². The van der Waals surface area contributed by atoms with E-state index in [1.165, 1.54) is 11.6 Å². The highest BCUT2D eigenvalue weighted by molar-refractivity contribution is 5.31. The van der Waals surface area contributed by atoms with Crippen molar-refractivity contribution in [2.24, 2.45) is 0 Å². The Morgan fingerprint density at radius 3 is 2.48 bits per heavy atom. The lowest BCUT2D eigenvalue weighted by atomic mass is 10.1. The first-order valence-electron chi connectivity index (χ1n) is 7.31. The van der Waals surface area contributed by atoms with Gasteiger partial charge in [-0.05, 0) is 43.7 Å². The van der Waals surface area contributed by atoms with Gasteiger partial charge in [0.25, 0.3) is 0 Å². The molecule has 0 heterocycles. The molecule has 1 N–H and O–H groups in total. The summed E-state index contributed by atoms with van der Waals surface area (Å²) in [5.74, 6) is -0.0209. The van der Waals surface area contributed by atoms with Crippen molar-refractivity contribution in [3.8, 4) is 5.75 Å². The van der Waals surface area contributed by atoms with Gasteiger partial charge in [-0.25, -0.2) is 4.39 Å². The average molecular weight is 287 g/mol. The van der Waals surface area contributed by atoms with E-state index in [2.05, 4.69) is 5.32 Å². The first-order chi connectivity index (χ1) is 10.1. The molecule has 112 valence electrons. The van der Waals surface area contributed by atoms with Crippen LogP contribution >= 0.6 is 0 Å². The minimum Gasteiger partial charge on any atom is -0.486 e. The summed E-state index contributed by atoms with van der Waals surface area (Å²) in [5.41, 5.74) is 3.16. The van der Waals surface area contributed by atoms with Gasteiger partial charge in [-0.1, -0.05) is 42.8 Å². The van der Waals surface area contributed by atoms with Gasteiger partial charge in [-0.2, -0.15) is 0 Å². The molecule has 1 unspecified atom stereocenters. The molecule has 2 nitrogen and oxygen atoms in total. The summed E-state index contributed by atoms with van der Waals surface area (Å²) >= 11 is 0. The van der Waals surface area contributed by atoms with Crippen molar-refractivity contribution in [1.29, 1.82) is 0 Å². The van der Waals surface area contributed by atoms with Crippen molar-refractivity contribution in [3.63, 3.8) is 0 Å². The topological polar surface area (TPSA) is 21.3 Å². The SMILES string of the molecule is CCNC(C)c1ccc(OCc2ccc(C)cc2)c(F)c1. The first kappa shape index (κ1) is 15.5. The fourth-order valence-corrected chi connectivity index (χ4v) is 2.17. The molecule has 0 aliphatic heterocycles. The first-order valence-corrected chi connectivity index (χ1v) is 7.31. The van der Waals surface area contributed by atoms with Crippen LogP contribution in [0.3, 0.4) is 0 Å². The van der Waals surface area contributed by atoms with Gasteiger partial charge in [-0.15, -0.1) is 0 Å². The third-order valence-electron chi connectivity index (χ3n) is 3.48. The monoisotopic (exact) mass is 287 g/mol. The zero-order valence-electron chi connectivity index (χ0n) is 12.8. The van der Waals surface area contributed by atoms with Gasteiger partial charge >= 0.3 is 0 Å². The number of nitrogens with one attached hydrogen (secondary N) is 1. The van der Waals surface area contributed by atoms with E-state index in [-0.39, 0.29) is 11.9 Å². The van der Waals surface area contributed by atoms with Crippen molar-refractivity contribution >= 4 is 0 Å². The molecule has 3 heteroatoms. The second kappa shape index (κ2) is 7.23. The number of aryl methyl sites for hydroxylation is 1. The molecule has 0 saturated heterocycles. The van der Waals surface area contributed by atoms with Crippen LogP contribution in [0.5, 0.6) is 5.75 Å². The van der Waals surface area contributed by atoms with Crippen molar-refractivity contribution in [2.75, 3.05) is 6.54 Å². The van der Waals surface area contributed by atoms with E-state index in [0.717, 1.165) is 17.7 Å². The zero-order valence-corrected chi connectivity index (χ0v) is 12.8. The highest BCUT2D eigenvalue weighted by Crippen LogP contribution is 2.23. The second-order valence-corrected chi connectivity index (χ2v) is 5.24. The standard InChI is InChI=1S/C18H22FNO/c1-4-20-14(3)16-9-10-18(17(19)11-16)21-12-15-7-5-13(2)6-8-15/h5-11,14,20H,4,12H2,1-3H3. The Labute approximate surface area is 126 Å². The normalized spacial score (nSPS) is 12.2. The quantitative estimate of drug-likeness (QED) is 0.851. The highest BCUT2D eigenvalue weighted by atomic mass is 19.1. The Hall–Kier alpha value is -1.87. The molecule has 2 aromatic rings. The van der Waals surface area contributed by atoms with Crippen LogP contribution in [0.4, 0.5) is 4.39 Å². The lowest BCUT2D eigenvalue weighted by molar-refractivity contribution is 0.290. The van der Waals surface area contributed by atoms with Crippen LogP contribution in [0.15, 0.2) is 42.5 Å². The van der Waals surface area contributed by atoms with Crippen LogP contribution in [0.25, 0.3) is 0 Å². The smallest absolute Gasteiger partial charge is 0.165 e. The van der Waals surface area contributed by atoms with E-state index in [4.69, 9.17) is 4.74 Å². The van der Waals surface area contributed by atoms with Crippen molar-refractivity contribution in [3.05, 3.63) is 65.0 Å². The van der Waals surface area contributed by atoms with Crippen molar-refractivity contribution in [1.82, 2.24) is 5.32 Å². The van der Waals surface area contributed by atoms with E-state index in [9.17, 15) is 4.39 Å². The van der Waals surface area contributed by atoms with Gasteiger partial charge in [0, 0.05) is 6.04 Å². The summed E-state index contributed by atoms with van der Waals surface area (Å²) in [6.07, 6.45) is 0. The molecule has 0 saturated carbocycles. The molecular formula is C18H22FNO. The summed E-state index contributed by atoms with van der Waals surface area (Å²) in [6, 6.07) is 13.3. The zero-order chi connectivity index (χ0) is 15.2. The molecule has 0 spiro atoms. The molecule has 1 atom stereocenters. The molecule has 0 aliphatic carbocycles. The number of ether oxygens (including phenoxy) is 1. The minimum atomic E-state index is -0.315. The van der Waals surface area contributed by atoms with E-state index in [1.54, 1.807) is 6.07 Å². The molecule has 0 fully saturated rings. The van der Waals surface area contributed by atoms with Crippen LogP contribution < -0.4 is 10.1 Å². The maximum atomic E-state index is 14.1. The van der Waals surface area contributed by atoms with Crippen molar-refractivity contribution < 1.29 is 9.13 Å². The van der Waals surface area contributed by atoms with Gasteiger partial charge in [0.1, 0.15) is 6.61 Å². The Morgan fingerprint density at radius 2 is 1.86 bits per heavy atom. The maximum Gasteiger partial charge on any atom is 0.165 e. The van der Waals surface area contributed by atoms with Gasteiger partial charge < -0.3 is 10.1 Å².